The molecular formula is C14H15N3O3. The number of amides is 1. The first-order valence-corrected chi connectivity index (χ1v) is 6.06. The van der Waals surface area contributed by atoms with Crippen molar-refractivity contribution in [3.8, 4) is 5.88 Å². The summed E-state index contributed by atoms with van der Waals surface area (Å²) < 4.78 is 4.95. The number of nitrogens with one attached hydrogen (secondary N) is 2. The Morgan fingerprint density at radius 2 is 2.20 bits per heavy atom. The van der Waals surface area contributed by atoms with Gasteiger partial charge in [0.1, 0.15) is 5.69 Å². The predicted octanol–water partition coefficient (Wildman–Crippen LogP) is 1.55. The zero-order chi connectivity index (χ0) is 14.5. The summed E-state index contributed by atoms with van der Waals surface area (Å²) in [7, 11) is 1.54. The van der Waals surface area contributed by atoms with E-state index in [1.165, 1.54) is 19.2 Å². The summed E-state index contributed by atoms with van der Waals surface area (Å²) in [5.41, 5.74) is 1.70. The van der Waals surface area contributed by atoms with Gasteiger partial charge >= 0.3 is 0 Å². The van der Waals surface area contributed by atoms with Crippen LogP contribution < -0.4 is 10.1 Å². The fraction of sp³-hybridized carbons (Fsp3) is 0.214. The highest BCUT2D eigenvalue weighted by Gasteiger charge is 2.10. The van der Waals surface area contributed by atoms with E-state index < -0.39 is 0 Å². The number of hydrogen-bond acceptors (Lipinski definition) is 4. The highest BCUT2D eigenvalue weighted by molar-refractivity contribution is 5.99. The molecule has 6 nitrogen and oxygen atoms in total. The van der Waals surface area contributed by atoms with Crippen molar-refractivity contribution < 1.29 is 14.3 Å². The van der Waals surface area contributed by atoms with E-state index in [9.17, 15) is 9.59 Å². The molecule has 0 aliphatic rings. The minimum absolute atomic E-state index is 0.0837. The van der Waals surface area contributed by atoms with E-state index in [0.29, 0.717) is 23.7 Å². The van der Waals surface area contributed by atoms with E-state index >= 15 is 0 Å². The highest BCUT2D eigenvalue weighted by Crippen LogP contribution is 2.07. The number of carbonyl (C=O) groups excluding carboxylic acids is 2. The van der Waals surface area contributed by atoms with Crippen molar-refractivity contribution in [2.75, 3.05) is 7.11 Å². The number of pyridine rings is 1. The number of aromatic nitrogens is 2. The molecule has 6 heteroatoms. The molecule has 0 fully saturated rings. The summed E-state index contributed by atoms with van der Waals surface area (Å²) in [5.74, 6) is 0.170. The maximum atomic E-state index is 11.9. The second-order valence-corrected chi connectivity index (χ2v) is 4.25. The number of nitrogens with zero attached hydrogens (tertiary/aromatic N) is 1. The van der Waals surface area contributed by atoms with E-state index in [-0.39, 0.29) is 11.7 Å². The maximum Gasteiger partial charge on any atom is 0.267 e. The smallest absolute Gasteiger partial charge is 0.267 e. The van der Waals surface area contributed by atoms with Crippen molar-refractivity contribution in [3.63, 3.8) is 0 Å². The van der Waals surface area contributed by atoms with Gasteiger partial charge in [0.05, 0.1) is 7.11 Å². The zero-order valence-corrected chi connectivity index (χ0v) is 11.3. The fourth-order valence-electron chi connectivity index (χ4n) is 1.64. The van der Waals surface area contributed by atoms with Gasteiger partial charge < -0.3 is 15.0 Å². The standard InChI is InChI=1S/C14H15N3O3/c1-9(18)11-5-12(15-8-11)14(19)17-7-10-3-4-13(20-2)16-6-10/h3-6,8,15H,7H2,1-2H3,(H,17,19). The first-order chi connectivity index (χ1) is 9.60. The summed E-state index contributed by atoms with van der Waals surface area (Å²) in [6.45, 7) is 1.80. The van der Waals surface area contributed by atoms with Crippen molar-refractivity contribution in [2.45, 2.75) is 13.5 Å². The van der Waals surface area contributed by atoms with Crippen molar-refractivity contribution in [1.82, 2.24) is 15.3 Å². The number of ether oxygens (including phenoxy) is 1. The van der Waals surface area contributed by atoms with E-state index in [1.54, 1.807) is 19.4 Å². The molecule has 20 heavy (non-hydrogen) atoms. The van der Waals surface area contributed by atoms with Gasteiger partial charge in [0.25, 0.3) is 5.91 Å². The van der Waals surface area contributed by atoms with Gasteiger partial charge in [-0.15, -0.1) is 0 Å². The van der Waals surface area contributed by atoms with E-state index in [2.05, 4.69) is 15.3 Å². The number of hydrogen-bond donors (Lipinski definition) is 2. The van der Waals surface area contributed by atoms with Crippen LogP contribution in [0.3, 0.4) is 0 Å². The van der Waals surface area contributed by atoms with E-state index in [4.69, 9.17) is 4.74 Å². The molecule has 0 saturated heterocycles. The van der Waals surface area contributed by atoms with E-state index in [0.717, 1.165) is 5.56 Å². The lowest BCUT2D eigenvalue weighted by atomic mass is 10.2. The molecule has 2 aromatic rings. The summed E-state index contributed by atoms with van der Waals surface area (Å²) in [5, 5.41) is 2.74. The number of Topliss-reactive ketones (excluding diaryl/α,β-unsaturated/α-hetero) is 1. The van der Waals surface area contributed by atoms with Crippen molar-refractivity contribution in [3.05, 3.63) is 47.4 Å². The van der Waals surface area contributed by atoms with Crippen LogP contribution in [-0.4, -0.2) is 28.8 Å². The van der Waals surface area contributed by atoms with Gasteiger partial charge in [-0.1, -0.05) is 6.07 Å². The van der Waals surface area contributed by atoms with Gasteiger partial charge in [0, 0.05) is 30.6 Å². The quantitative estimate of drug-likeness (QED) is 0.809. The number of carbonyl (C=O) groups is 2. The summed E-state index contributed by atoms with van der Waals surface area (Å²) in [6, 6.07) is 5.08. The van der Waals surface area contributed by atoms with Crippen molar-refractivity contribution in [2.24, 2.45) is 0 Å². The van der Waals surface area contributed by atoms with Gasteiger partial charge in [-0.3, -0.25) is 9.59 Å². The van der Waals surface area contributed by atoms with Crippen LogP contribution >= 0.6 is 0 Å². The minimum atomic E-state index is -0.270. The van der Waals surface area contributed by atoms with Crippen LogP contribution in [0.4, 0.5) is 0 Å². The number of rotatable bonds is 5. The van der Waals surface area contributed by atoms with Crippen LogP contribution in [0.1, 0.15) is 33.3 Å². The molecule has 0 aliphatic heterocycles. The summed E-state index contributed by atoms with van der Waals surface area (Å²) in [4.78, 5) is 29.8. The van der Waals surface area contributed by atoms with Crippen LogP contribution in [0.15, 0.2) is 30.6 Å². The number of ketones is 1. The van der Waals surface area contributed by atoms with Crippen LogP contribution in [-0.2, 0) is 6.54 Å². The number of H-pyrrole nitrogens is 1. The Bertz CT molecular complexity index is 617. The lowest BCUT2D eigenvalue weighted by Gasteiger charge is -2.04. The Kier molecular flexibility index (Phi) is 4.14. The molecule has 0 aliphatic carbocycles. The summed E-state index contributed by atoms with van der Waals surface area (Å²) in [6.07, 6.45) is 3.15. The first-order valence-electron chi connectivity index (χ1n) is 6.06. The monoisotopic (exact) mass is 273 g/mol. The molecule has 2 aromatic heterocycles. The second kappa shape index (κ2) is 6.01. The summed E-state index contributed by atoms with van der Waals surface area (Å²) >= 11 is 0. The Morgan fingerprint density at radius 3 is 2.75 bits per heavy atom. The third kappa shape index (κ3) is 3.23. The number of methoxy groups -OCH3 is 1. The van der Waals surface area contributed by atoms with Gasteiger partial charge in [-0.2, -0.15) is 0 Å². The second-order valence-electron chi connectivity index (χ2n) is 4.25. The Balaban J connectivity index is 1.95. The molecule has 0 atom stereocenters. The number of aromatic amines is 1. The third-order valence-electron chi connectivity index (χ3n) is 2.79. The molecule has 2 N–H and O–H groups in total. The predicted molar refractivity (Wildman–Crippen MR) is 72.8 cm³/mol. The van der Waals surface area contributed by atoms with Gasteiger partial charge in [0.15, 0.2) is 5.78 Å². The third-order valence-corrected chi connectivity index (χ3v) is 2.79. The molecule has 1 amide bonds. The molecular weight excluding hydrogens is 258 g/mol. The Morgan fingerprint density at radius 1 is 1.40 bits per heavy atom. The van der Waals surface area contributed by atoms with Gasteiger partial charge in [0.2, 0.25) is 5.88 Å². The molecule has 0 radical (unpaired) electrons. The molecule has 104 valence electrons. The molecule has 0 spiro atoms. The van der Waals surface area contributed by atoms with Crippen LogP contribution in [0, 0.1) is 0 Å². The Labute approximate surface area is 116 Å². The van der Waals surface area contributed by atoms with Gasteiger partial charge in [-0.25, -0.2) is 4.98 Å². The normalized spacial score (nSPS) is 10.1. The molecule has 2 heterocycles. The van der Waals surface area contributed by atoms with Crippen LogP contribution in [0.25, 0.3) is 0 Å². The first kappa shape index (κ1) is 13.8. The lowest BCUT2D eigenvalue weighted by Crippen LogP contribution is -2.23. The SMILES string of the molecule is COc1ccc(CNC(=O)c2cc(C(C)=O)c[nH]2)cn1. The van der Waals surface area contributed by atoms with Crippen LogP contribution in [0.5, 0.6) is 5.88 Å². The highest BCUT2D eigenvalue weighted by atomic mass is 16.5. The maximum absolute atomic E-state index is 11.9. The van der Waals surface area contributed by atoms with Crippen molar-refractivity contribution in [1.29, 1.82) is 0 Å². The fourth-order valence-corrected chi connectivity index (χ4v) is 1.64. The molecule has 0 saturated carbocycles. The average molecular weight is 273 g/mol. The topological polar surface area (TPSA) is 84.1 Å². The molecule has 0 aromatic carbocycles. The lowest BCUT2D eigenvalue weighted by molar-refractivity contribution is 0.0946. The molecule has 0 unspecified atom stereocenters. The Hall–Kier alpha value is -2.63. The average Bonchev–Trinajstić information content (AvgIpc) is 2.95. The molecule has 2 rings (SSSR count). The zero-order valence-electron chi connectivity index (χ0n) is 11.3. The minimum Gasteiger partial charge on any atom is -0.481 e. The molecule has 0 bridgehead atoms. The van der Waals surface area contributed by atoms with Crippen LogP contribution in [0.2, 0.25) is 0 Å². The largest absolute Gasteiger partial charge is 0.481 e. The van der Waals surface area contributed by atoms with Crippen molar-refractivity contribution >= 4 is 11.7 Å². The van der Waals surface area contributed by atoms with Gasteiger partial charge in [-0.05, 0) is 18.6 Å². The van der Waals surface area contributed by atoms with E-state index in [1.807, 2.05) is 6.07 Å².